The molecule has 1 fully saturated rings. The zero-order chi connectivity index (χ0) is 13.5. The van der Waals surface area contributed by atoms with E-state index >= 15 is 0 Å². The zero-order valence-electron chi connectivity index (χ0n) is 11.7. The molecule has 1 heterocycles. The maximum absolute atomic E-state index is 9.94. The number of hydrogen-bond acceptors (Lipinski definition) is 3. The third-order valence-electron chi connectivity index (χ3n) is 4.21. The minimum atomic E-state index is -0.466. The minimum Gasteiger partial charge on any atom is -0.388 e. The average Bonchev–Trinajstić information content (AvgIpc) is 2.47. The summed E-state index contributed by atoms with van der Waals surface area (Å²) in [6.45, 7) is 0.507. The van der Waals surface area contributed by atoms with Gasteiger partial charge in [0.25, 0.3) is 0 Å². The van der Waals surface area contributed by atoms with E-state index in [4.69, 9.17) is 5.73 Å². The highest BCUT2D eigenvalue weighted by Crippen LogP contribution is 2.27. The molecule has 0 radical (unpaired) electrons. The lowest BCUT2D eigenvalue weighted by atomic mass is 9.85. The number of hydrogen-bond donors (Lipinski definition) is 2. The fraction of sp³-hybridized carbons (Fsp3) is 0.688. The van der Waals surface area contributed by atoms with Gasteiger partial charge in [-0.15, -0.1) is 0 Å². The third-order valence-corrected chi connectivity index (χ3v) is 4.21. The van der Waals surface area contributed by atoms with E-state index in [0.29, 0.717) is 13.0 Å². The van der Waals surface area contributed by atoms with E-state index < -0.39 is 6.10 Å². The van der Waals surface area contributed by atoms with Crippen molar-refractivity contribution in [3.63, 3.8) is 0 Å². The van der Waals surface area contributed by atoms with Crippen LogP contribution < -0.4 is 5.73 Å². The predicted octanol–water partition coefficient (Wildman–Crippen LogP) is 2.98. The second-order valence-corrected chi connectivity index (χ2v) is 5.76. The highest BCUT2D eigenvalue weighted by Gasteiger charge is 2.14. The van der Waals surface area contributed by atoms with E-state index in [1.807, 2.05) is 6.20 Å². The van der Waals surface area contributed by atoms with E-state index in [0.717, 1.165) is 17.9 Å². The molecular formula is C16H26N2O. The number of aromatic nitrogens is 1. The number of aryl methyl sites for hydroxylation is 1. The maximum atomic E-state index is 9.94. The van der Waals surface area contributed by atoms with Crippen molar-refractivity contribution in [2.75, 3.05) is 6.54 Å². The summed E-state index contributed by atoms with van der Waals surface area (Å²) in [7, 11) is 0. The molecule has 0 aromatic carbocycles. The molecule has 0 spiro atoms. The number of nitrogens with zero attached hydrogens (tertiary/aromatic N) is 1. The van der Waals surface area contributed by atoms with Crippen molar-refractivity contribution in [3.8, 4) is 0 Å². The first kappa shape index (κ1) is 14.5. The topological polar surface area (TPSA) is 59.1 Å². The summed E-state index contributed by atoms with van der Waals surface area (Å²) in [6.07, 6.45) is 13.2. The van der Waals surface area contributed by atoms with Crippen LogP contribution >= 0.6 is 0 Å². The number of nitrogens with two attached hydrogens (primary N) is 1. The average molecular weight is 262 g/mol. The monoisotopic (exact) mass is 262 g/mol. The Kier molecular flexibility index (Phi) is 5.80. The SMILES string of the molecule is NCCC(O)c1cncc(CCC2CCCCC2)c1. The predicted molar refractivity (Wildman–Crippen MR) is 77.8 cm³/mol. The summed E-state index contributed by atoms with van der Waals surface area (Å²) in [5.41, 5.74) is 7.64. The summed E-state index contributed by atoms with van der Waals surface area (Å²) in [5, 5.41) is 9.94. The van der Waals surface area contributed by atoms with Crippen molar-refractivity contribution in [2.24, 2.45) is 11.7 Å². The largest absolute Gasteiger partial charge is 0.388 e. The van der Waals surface area contributed by atoms with E-state index in [1.54, 1.807) is 6.20 Å². The van der Waals surface area contributed by atoms with Crippen molar-refractivity contribution < 1.29 is 5.11 Å². The summed E-state index contributed by atoms with van der Waals surface area (Å²) in [5.74, 6) is 0.895. The standard InChI is InChI=1S/C16H26N2O/c17-9-8-16(19)15-10-14(11-18-12-15)7-6-13-4-2-1-3-5-13/h10-13,16,19H,1-9,17H2. The number of aliphatic hydroxyl groups excluding tert-OH is 1. The molecule has 1 aromatic rings. The zero-order valence-corrected chi connectivity index (χ0v) is 11.7. The second kappa shape index (κ2) is 7.61. The maximum Gasteiger partial charge on any atom is 0.0817 e. The van der Waals surface area contributed by atoms with E-state index in [-0.39, 0.29) is 0 Å². The van der Waals surface area contributed by atoms with Gasteiger partial charge in [0.1, 0.15) is 0 Å². The second-order valence-electron chi connectivity index (χ2n) is 5.76. The van der Waals surface area contributed by atoms with Gasteiger partial charge in [0.15, 0.2) is 0 Å². The van der Waals surface area contributed by atoms with Crippen LogP contribution in [0.2, 0.25) is 0 Å². The molecular weight excluding hydrogens is 236 g/mol. The Bertz CT molecular complexity index is 375. The van der Waals surface area contributed by atoms with Crippen LogP contribution in [0.4, 0.5) is 0 Å². The molecule has 0 saturated heterocycles. The van der Waals surface area contributed by atoms with Crippen molar-refractivity contribution in [3.05, 3.63) is 29.6 Å². The van der Waals surface area contributed by atoms with E-state index in [2.05, 4.69) is 11.1 Å². The first-order valence-electron chi connectivity index (χ1n) is 7.61. The smallest absolute Gasteiger partial charge is 0.0817 e. The molecule has 2 rings (SSSR count). The van der Waals surface area contributed by atoms with Crippen LogP contribution in [-0.2, 0) is 6.42 Å². The lowest BCUT2D eigenvalue weighted by Gasteiger charge is -2.21. The third kappa shape index (κ3) is 4.59. The van der Waals surface area contributed by atoms with Gasteiger partial charge in [0.2, 0.25) is 0 Å². The molecule has 1 aromatic heterocycles. The molecule has 1 atom stereocenters. The van der Waals surface area contributed by atoms with Crippen molar-refractivity contribution in [1.82, 2.24) is 4.98 Å². The highest BCUT2D eigenvalue weighted by atomic mass is 16.3. The van der Waals surface area contributed by atoms with Gasteiger partial charge in [0, 0.05) is 12.4 Å². The van der Waals surface area contributed by atoms with Crippen LogP contribution in [0.25, 0.3) is 0 Å². The van der Waals surface area contributed by atoms with Gasteiger partial charge in [-0.1, -0.05) is 38.2 Å². The van der Waals surface area contributed by atoms with Gasteiger partial charge >= 0.3 is 0 Å². The molecule has 0 amide bonds. The molecule has 0 aliphatic heterocycles. The summed E-state index contributed by atoms with van der Waals surface area (Å²) < 4.78 is 0. The Labute approximate surface area is 116 Å². The summed E-state index contributed by atoms with van der Waals surface area (Å²) in [4.78, 5) is 4.25. The van der Waals surface area contributed by atoms with Crippen LogP contribution in [0.15, 0.2) is 18.5 Å². The fourth-order valence-corrected chi connectivity index (χ4v) is 3.00. The molecule has 3 N–H and O–H groups in total. The molecule has 1 aliphatic carbocycles. The molecule has 19 heavy (non-hydrogen) atoms. The van der Waals surface area contributed by atoms with Crippen LogP contribution in [0.1, 0.15) is 62.2 Å². The van der Waals surface area contributed by atoms with Gasteiger partial charge in [-0.25, -0.2) is 0 Å². The number of pyridine rings is 1. The van der Waals surface area contributed by atoms with Gasteiger partial charge in [-0.2, -0.15) is 0 Å². The number of rotatable bonds is 6. The van der Waals surface area contributed by atoms with Gasteiger partial charge in [-0.3, -0.25) is 4.98 Å². The normalized spacial score (nSPS) is 18.4. The summed E-state index contributed by atoms with van der Waals surface area (Å²) >= 11 is 0. The summed E-state index contributed by atoms with van der Waals surface area (Å²) in [6, 6.07) is 2.09. The number of aliphatic hydroxyl groups is 1. The first-order valence-corrected chi connectivity index (χ1v) is 7.61. The lowest BCUT2D eigenvalue weighted by molar-refractivity contribution is 0.170. The van der Waals surface area contributed by atoms with Crippen LogP contribution in [0, 0.1) is 5.92 Å². The Balaban J connectivity index is 1.87. The molecule has 3 nitrogen and oxygen atoms in total. The van der Waals surface area contributed by atoms with Gasteiger partial charge in [-0.05, 0) is 42.9 Å². The Morgan fingerprint density at radius 1 is 1.26 bits per heavy atom. The minimum absolute atomic E-state index is 0.466. The van der Waals surface area contributed by atoms with Crippen LogP contribution in [0.3, 0.4) is 0 Å². The molecule has 106 valence electrons. The first-order chi connectivity index (χ1) is 9.29. The Morgan fingerprint density at radius 2 is 2.05 bits per heavy atom. The quantitative estimate of drug-likeness (QED) is 0.828. The highest BCUT2D eigenvalue weighted by molar-refractivity contribution is 5.20. The fourth-order valence-electron chi connectivity index (χ4n) is 3.00. The van der Waals surface area contributed by atoms with E-state index in [1.165, 1.54) is 44.1 Å². The Hall–Kier alpha value is -0.930. The van der Waals surface area contributed by atoms with Crippen LogP contribution in [-0.4, -0.2) is 16.6 Å². The molecule has 0 bridgehead atoms. The van der Waals surface area contributed by atoms with Crippen LogP contribution in [0.5, 0.6) is 0 Å². The lowest BCUT2D eigenvalue weighted by Crippen LogP contribution is -2.09. The molecule has 1 saturated carbocycles. The van der Waals surface area contributed by atoms with Crippen molar-refractivity contribution in [1.29, 1.82) is 0 Å². The Morgan fingerprint density at radius 3 is 2.79 bits per heavy atom. The van der Waals surface area contributed by atoms with Crippen molar-refractivity contribution in [2.45, 2.75) is 57.5 Å². The molecule has 3 heteroatoms. The van der Waals surface area contributed by atoms with Gasteiger partial charge in [0.05, 0.1) is 6.10 Å². The van der Waals surface area contributed by atoms with Gasteiger partial charge < -0.3 is 10.8 Å². The van der Waals surface area contributed by atoms with Crippen molar-refractivity contribution >= 4 is 0 Å². The molecule has 1 aliphatic rings. The van der Waals surface area contributed by atoms with E-state index in [9.17, 15) is 5.11 Å². The molecule has 1 unspecified atom stereocenters.